The van der Waals surface area contributed by atoms with Gasteiger partial charge in [-0.05, 0) is 56.0 Å². The van der Waals surface area contributed by atoms with Gasteiger partial charge >= 0.3 is 18.2 Å². The minimum atomic E-state index is -5.08. The number of alkyl halides is 3. The molecular weight excluding hydrogens is 351 g/mol. The molecular formula is C17H22F3N3O3. The van der Waals surface area contributed by atoms with Gasteiger partial charge < -0.3 is 15.7 Å². The number of carboxylic acids is 1. The molecule has 0 radical (unpaired) electrons. The van der Waals surface area contributed by atoms with Crippen LogP contribution in [0.4, 0.5) is 23.7 Å². The molecule has 2 amide bonds. The summed E-state index contributed by atoms with van der Waals surface area (Å²) in [6, 6.07) is 8.50. The van der Waals surface area contributed by atoms with E-state index < -0.39 is 12.1 Å². The summed E-state index contributed by atoms with van der Waals surface area (Å²) in [6.45, 7) is 3.82. The molecule has 0 atom stereocenters. The smallest absolute Gasteiger partial charge is 0.475 e. The van der Waals surface area contributed by atoms with Gasteiger partial charge in [0.15, 0.2) is 0 Å². The lowest BCUT2D eigenvalue weighted by Gasteiger charge is -2.22. The second kappa shape index (κ2) is 8.88. The van der Waals surface area contributed by atoms with Gasteiger partial charge in [0, 0.05) is 18.8 Å². The van der Waals surface area contributed by atoms with Crippen molar-refractivity contribution in [2.45, 2.75) is 25.4 Å². The number of urea groups is 1. The summed E-state index contributed by atoms with van der Waals surface area (Å²) in [5.74, 6) is -1.95. The summed E-state index contributed by atoms with van der Waals surface area (Å²) in [5.41, 5.74) is 2.39. The second-order valence-corrected chi connectivity index (χ2v) is 6.25. The van der Waals surface area contributed by atoms with Crippen LogP contribution in [0, 0.1) is 5.92 Å². The molecule has 2 aliphatic heterocycles. The Kier molecular flexibility index (Phi) is 6.84. The topological polar surface area (TPSA) is 81.7 Å². The van der Waals surface area contributed by atoms with E-state index in [0.29, 0.717) is 0 Å². The highest BCUT2D eigenvalue weighted by Crippen LogP contribution is 2.21. The molecule has 1 aromatic rings. The summed E-state index contributed by atoms with van der Waals surface area (Å²) in [4.78, 5) is 22.3. The number of carboxylic acid groups (broad SMARTS) is 1. The zero-order chi connectivity index (χ0) is 19.2. The number of hydrogen-bond donors (Lipinski definition) is 3. The Labute approximate surface area is 149 Å². The molecule has 144 valence electrons. The van der Waals surface area contributed by atoms with E-state index in [1.54, 1.807) is 4.90 Å². The third kappa shape index (κ3) is 5.91. The minimum absolute atomic E-state index is 0.0195. The van der Waals surface area contributed by atoms with E-state index >= 15 is 0 Å². The molecule has 3 N–H and O–H groups in total. The average molecular weight is 373 g/mol. The Morgan fingerprint density at radius 1 is 1.15 bits per heavy atom. The maximum atomic E-state index is 11.6. The Morgan fingerprint density at radius 2 is 1.73 bits per heavy atom. The number of benzene rings is 1. The van der Waals surface area contributed by atoms with Crippen LogP contribution in [0.1, 0.15) is 18.4 Å². The molecule has 0 aromatic heterocycles. The number of carbonyl (C=O) groups excluding carboxylic acids is 1. The van der Waals surface area contributed by atoms with Gasteiger partial charge in [0.05, 0.1) is 0 Å². The van der Waals surface area contributed by atoms with Crippen LogP contribution in [0.2, 0.25) is 0 Å². The normalized spacial score (nSPS) is 18.1. The van der Waals surface area contributed by atoms with Gasteiger partial charge in [-0.3, -0.25) is 4.90 Å². The molecule has 9 heteroatoms. The van der Waals surface area contributed by atoms with E-state index in [1.807, 2.05) is 0 Å². The highest BCUT2D eigenvalue weighted by molar-refractivity contribution is 5.93. The molecule has 3 rings (SSSR count). The number of carbonyl (C=O) groups is 2. The van der Waals surface area contributed by atoms with Crippen molar-refractivity contribution in [2.24, 2.45) is 5.92 Å². The monoisotopic (exact) mass is 373 g/mol. The molecule has 26 heavy (non-hydrogen) atoms. The number of anilines is 1. The fourth-order valence-electron chi connectivity index (χ4n) is 2.95. The van der Waals surface area contributed by atoms with Crippen molar-refractivity contribution < 1.29 is 27.9 Å². The highest BCUT2D eigenvalue weighted by atomic mass is 19.4. The fraction of sp³-hybridized carbons (Fsp3) is 0.529. The Morgan fingerprint density at radius 3 is 2.19 bits per heavy atom. The first-order valence-corrected chi connectivity index (χ1v) is 8.42. The summed E-state index contributed by atoms with van der Waals surface area (Å²) in [5, 5.41) is 13.4. The standard InChI is InChI=1S/C15H21N3O.C2HF3O2/c19-15-17-9-10-18(15)14-3-1-12(2-4-14)11-13-5-7-16-8-6-13;3-2(4,5)1(6)7/h1-4,13,16H,5-11H2,(H,17,19);(H,6,7). The van der Waals surface area contributed by atoms with Gasteiger partial charge in [-0.1, -0.05) is 12.1 Å². The zero-order valence-corrected chi connectivity index (χ0v) is 14.2. The van der Waals surface area contributed by atoms with E-state index in [9.17, 15) is 18.0 Å². The SMILES string of the molecule is O=C(O)C(F)(F)F.O=C1NCCN1c1ccc(CC2CCNCC2)cc1. The van der Waals surface area contributed by atoms with Crippen LogP contribution in [0.3, 0.4) is 0 Å². The van der Waals surface area contributed by atoms with Crippen LogP contribution < -0.4 is 15.5 Å². The Bertz CT molecular complexity index is 614. The Hall–Kier alpha value is -2.29. The van der Waals surface area contributed by atoms with Crippen LogP contribution in [0.15, 0.2) is 24.3 Å². The van der Waals surface area contributed by atoms with Gasteiger partial charge in [0.2, 0.25) is 0 Å². The predicted octanol–water partition coefficient (Wildman–Crippen LogP) is 2.39. The lowest BCUT2D eigenvalue weighted by atomic mass is 9.91. The average Bonchev–Trinajstić information content (AvgIpc) is 3.02. The number of nitrogens with zero attached hydrogens (tertiary/aromatic N) is 1. The van der Waals surface area contributed by atoms with Crippen LogP contribution in [0.5, 0.6) is 0 Å². The number of rotatable bonds is 3. The van der Waals surface area contributed by atoms with Crippen molar-refractivity contribution in [3.05, 3.63) is 29.8 Å². The number of hydrogen-bond acceptors (Lipinski definition) is 3. The van der Waals surface area contributed by atoms with Gasteiger partial charge in [-0.25, -0.2) is 9.59 Å². The number of aliphatic carboxylic acids is 1. The Balaban J connectivity index is 0.000000298. The maximum absolute atomic E-state index is 11.6. The van der Waals surface area contributed by atoms with Gasteiger partial charge in [0.25, 0.3) is 0 Å². The molecule has 1 aromatic carbocycles. The van der Waals surface area contributed by atoms with Crippen LogP contribution >= 0.6 is 0 Å². The summed E-state index contributed by atoms with van der Waals surface area (Å²) >= 11 is 0. The van der Waals surface area contributed by atoms with Crippen molar-refractivity contribution >= 4 is 17.7 Å². The van der Waals surface area contributed by atoms with E-state index in [0.717, 1.165) is 44.2 Å². The van der Waals surface area contributed by atoms with Gasteiger partial charge in [-0.2, -0.15) is 13.2 Å². The van der Waals surface area contributed by atoms with E-state index in [4.69, 9.17) is 9.90 Å². The molecule has 2 saturated heterocycles. The third-order valence-electron chi connectivity index (χ3n) is 4.33. The van der Waals surface area contributed by atoms with Crippen LogP contribution in [-0.4, -0.2) is 49.5 Å². The molecule has 0 saturated carbocycles. The molecule has 6 nitrogen and oxygen atoms in total. The summed E-state index contributed by atoms with van der Waals surface area (Å²) < 4.78 is 31.7. The zero-order valence-electron chi connectivity index (χ0n) is 14.2. The van der Waals surface area contributed by atoms with Crippen molar-refractivity contribution in [3.8, 4) is 0 Å². The predicted molar refractivity (Wildman–Crippen MR) is 90.2 cm³/mol. The van der Waals surface area contributed by atoms with Gasteiger partial charge in [-0.15, -0.1) is 0 Å². The highest BCUT2D eigenvalue weighted by Gasteiger charge is 2.38. The van der Waals surface area contributed by atoms with Gasteiger partial charge in [0.1, 0.15) is 0 Å². The lowest BCUT2D eigenvalue weighted by Crippen LogP contribution is -2.28. The molecule has 2 aliphatic rings. The maximum Gasteiger partial charge on any atom is 0.490 e. The van der Waals surface area contributed by atoms with Crippen LogP contribution in [0.25, 0.3) is 0 Å². The van der Waals surface area contributed by atoms with E-state index in [2.05, 4.69) is 34.9 Å². The number of amides is 2. The fourth-order valence-corrected chi connectivity index (χ4v) is 2.95. The molecule has 0 aliphatic carbocycles. The molecule has 2 heterocycles. The van der Waals surface area contributed by atoms with E-state index in [1.165, 1.54) is 18.4 Å². The van der Waals surface area contributed by atoms with Crippen molar-refractivity contribution in [3.63, 3.8) is 0 Å². The summed E-state index contributed by atoms with van der Waals surface area (Å²) in [7, 11) is 0. The quantitative estimate of drug-likeness (QED) is 0.760. The molecule has 0 spiro atoms. The first-order chi connectivity index (χ1) is 12.3. The second-order valence-electron chi connectivity index (χ2n) is 6.25. The minimum Gasteiger partial charge on any atom is -0.475 e. The largest absolute Gasteiger partial charge is 0.490 e. The molecule has 0 bridgehead atoms. The van der Waals surface area contributed by atoms with Crippen molar-refractivity contribution in [1.29, 1.82) is 0 Å². The third-order valence-corrected chi connectivity index (χ3v) is 4.33. The van der Waals surface area contributed by atoms with E-state index in [-0.39, 0.29) is 6.03 Å². The number of piperidine rings is 1. The first-order valence-electron chi connectivity index (χ1n) is 8.42. The molecule has 0 unspecified atom stereocenters. The van der Waals surface area contributed by atoms with Crippen molar-refractivity contribution in [1.82, 2.24) is 10.6 Å². The molecule has 2 fully saturated rings. The summed E-state index contributed by atoms with van der Waals surface area (Å²) in [6.07, 6.45) is -1.37. The first kappa shape index (κ1) is 20.0. The van der Waals surface area contributed by atoms with Crippen LogP contribution in [-0.2, 0) is 11.2 Å². The lowest BCUT2D eigenvalue weighted by molar-refractivity contribution is -0.192. The number of halogens is 3. The van der Waals surface area contributed by atoms with Crippen molar-refractivity contribution in [2.75, 3.05) is 31.1 Å². The number of nitrogens with one attached hydrogen (secondary N) is 2.